The van der Waals surface area contributed by atoms with E-state index in [1.54, 1.807) is 0 Å². The average molecular weight is 751 g/mol. The van der Waals surface area contributed by atoms with Gasteiger partial charge in [-0.25, -0.2) is 0 Å². The molecule has 0 spiro atoms. The first kappa shape index (κ1) is 35.5. The summed E-state index contributed by atoms with van der Waals surface area (Å²) in [6.07, 6.45) is -0.246. The van der Waals surface area contributed by atoms with Crippen molar-refractivity contribution >= 4 is 61.2 Å². The molecule has 0 aromatic heterocycles. The Bertz CT molecular complexity index is 2410. The maximum absolute atomic E-state index is 6.79. The molecule has 0 bridgehead atoms. The molecule has 0 N–H and O–H groups in total. The predicted octanol–water partition coefficient (Wildman–Crippen LogP) is 13.5. The minimum Gasteiger partial charge on any atom is -0.487 e. The van der Waals surface area contributed by atoms with Crippen molar-refractivity contribution in [2.75, 3.05) is 0 Å². The zero-order chi connectivity index (χ0) is 37.0. The first-order valence-electron chi connectivity index (χ1n) is 18.0. The molecule has 0 aliphatic carbocycles. The molecule has 2 atom stereocenters. The van der Waals surface area contributed by atoms with Gasteiger partial charge in [0.05, 0.1) is 12.2 Å². The Morgan fingerprint density at radius 3 is 1.11 bits per heavy atom. The van der Waals surface area contributed by atoms with E-state index < -0.39 is 0 Å². The average Bonchev–Trinajstić information content (AvgIpc) is 3.18. The number of ether oxygens (including phenoxy) is 2. The van der Waals surface area contributed by atoms with Gasteiger partial charge in [-0.05, 0) is 84.3 Å². The molecular formula is C46H40O6P2. The van der Waals surface area contributed by atoms with Crippen LogP contribution < -0.4 is 27.6 Å². The number of hydrogen-bond acceptors (Lipinski definition) is 6. The standard InChI is InChI=1S/C46H40O6P2/c1-29(2)47-41-27-33-17-7-11-23-37(33)43(45(41)51-53-49-39-25-13-19-31-15-5-9-21-35(31)39)44-38-24-12-8-18-34(38)28-42(48-30(3)4)46(44)52-54-50-40-26-14-20-32-16-6-10-22-36(32)40/h5-30,53-54H,1-4H3. The van der Waals surface area contributed by atoms with Gasteiger partial charge in [-0.2, -0.15) is 0 Å². The molecule has 8 aromatic rings. The van der Waals surface area contributed by atoms with Crippen molar-refractivity contribution in [3.05, 3.63) is 146 Å². The highest BCUT2D eigenvalue weighted by Crippen LogP contribution is 2.55. The minimum atomic E-state index is -0.379. The Morgan fingerprint density at radius 2 is 0.704 bits per heavy atom. The van der Waals surface area contributed by atoms with E-state index in [4.69, 9.17) is 27.6 Å². The van der Waals surface area contributed by atoms with E-state index in [9.17, 15) is 0 Å². The van der Waals surface area contributed by atoms with Crippen molar-refractivity contribution in [3.8, 4) is 45.6 Å². The van der Waals surface area contributed by atoms with E-state index in [0.717, 1.165) is 65.7 Å². The molecule has 6 nitrogen and oxygen atoms in total. The maximum atomic E-state index is 6.79. The van der Waals surface area contributed by atoms with Crippen LogP contribution in [-0.2, 0) is 0 Å². The van der Waals surface area contributed by atoms with Crippen LogP contribution in [0.2, 0.25) is 0 Å². The normalized spacial score (nSPS) is 11.9. The molecule has 8 aromatic carbocycles. The summed E-state index contributed by atoms with van der Waals surface area (Å²) in [4.78, 5) is 0. The van der Waals surface area contributed by atoms with Crippen LogP contribution in [0.4, 0.5) is 0 Å². The molecule has 0 fully saturated rings. The Kier molecular flexibility index (Phi) is 10.4. The molecule has 0 aliphatic heterocycles. The molecule has 0 aliphatic rings. The lowest BCUT2D eigenvalue weighted by molar-refractivity contribution is 0.236. The molecule has 270 valence electrons. The van der Waals surface area contributed by atoms with E-state index >= 15 is 0 Å². The molecule has 0 saturated carbocycles. The van der Waals surface area contributed by atoms with Gasteiger partial charge in [-0.1, -0.05) is 121 Å². The highest BCUT2D eigenvalue weighted by molar-refractivity contribution is 7.27. The van der Waals surface area contributed by atoms with E-state index in [1.165, 1.54) is 0 Å². The monoisotopic (exact) mass is 750 g/mol. The van der Waals surface area contributed by atoms with E-state index in [0.29, 0.717) is 23.0 Å². The SMILES string of the molecule is CC(C)Oc1cc2ccccc2c(-c2c(OPOc3cccc4ccccc34)c(OC(C)C)cc3ccccc23)c1OPOc1cccc2ccccc12. The number of hydrogen-bond donors (Lipinski definition) is 0. The largest absolute Gasteiger partial charge is 0.487 e. The smallest absolute Gasteiger partial charge is 0.275 e. The van der Waals surface area contributed by atoms with Crippen molar-refractivity contribution in [1.82, 2.24) is 0 Å². The topological polar surface area (TPSA) is 55.4 Å². The lowest BCUT2D eigenvalue weighted by Gasteiger charge is -2.24. The van der Waals surface area contributed by atoms with E-state index in [-0.39, 0.29) is 30.3 Å². The maximum Gasteiger partial charge on any atom is 0.275 e. The summed E-state index contributed by atoms with van der Waals surface area (Å²) in [5, 5.41) is 8.14. The molecule has 54 heavy (non-hydrogen) atoms. The van der Waals surface area contributed by atoms with Crippen LogP contribution in [-0.4, -0.2) is 12.2 Å². The number of benzene rings is 8. The molecule has 0 amide bonds. The summed E-state index contributed by atoms with van der Waals surface area (Å²) in [5.41, 5.74) is 1.63. The van der Waals surface area contributed by atoms with Gasteiger partial charge in [-0.15, -0.1) is 0 Å². The molecule has 8 heteroatoms. The molecule has 8 rings (SSSR count). The predicted molar refractivity (Wildman–Crippen MR) is 225 cm³/mol. The van der Waals surface area contributed by atoms with Crippen LogP contribution in [0, 0.1) is 0 Å². The van der Waals surface area contributed by atoms with Crippen LogP contribution in [0.15, 0.2) is 146 Å². The van der Waals surface area contributed by atoms with E-state index in [1.807, 2.05) is 113 Å². The lowest BCUT2D eigenvalue weighted by Crippen LogP contribution is -2.08. The van der Waals surface area contributed by atoms with Gasteiger partial charge < -0.3 is 27.6 Å². The first-order chi connectivity index (χ1) is 26.4. The quantitative estimate of drug-likeness (QED) is 0.109. The van der Waals surface area contributed by atoms with Crippen molar-refractivity contribution in [2.24, 2.45) is 0 Å². The zero-order valence-corrected chi connectivity index (χ0v) is 32.5. The van der Waals surface area contributed by atoms with Crippen LogP contribution in [0.3, 0.4) is 0 Å². The summed E-state index contributed by atoms with van der Waals surface area (Å²) in [7, 11) is -0.759. The summed E-state index contributed by atoms with van der Waals surface area (Å²) >= 11 is 0. The lowest BCUT2D eigenvalue weighted by atomic mass is 9.91. The number of rotatable bonds is 13. The van der Waals surface area contributed by atoms with Gasteiger partial charge in [0.25, 0.3) is 18.1 Å². The highest BCUT2D eigenvalue weighted by atomic mass is 31.1. The van der Waals surface area contributed by atoms with Crippen molar-refractivity contribution < 1.29 is 27.6 Å². The summed E-state index contributed by atoms with van der Waals surface area (Å²) in [6.45, 7) is 8.06. The van der Waals surface area contributed by atoms with Crippen LogP contribution in [0.5, 0.6) is 34.5 Å². The Hall–Kier alpha value is -5.54. The van der Waals surface area contributed by atoms with Gasteiger partial charge in [-0.3, -0.25) is 0 Å². The van der Waals surface area contributed by atoms with Crippen LogP contribution in [0.25, 0.3) is 54.2 Å². The Labute approximate surface area is 318 Å². The highest BCUT2D eigenvalue weighted by Gasteiger charge is 2.27. The summed E-state index contributed by atoms with van der Waals surface area (Å²) in [6, 6.07) is 49.0. The third-order valence-corrected chi connectivity index (χ3v) is 10.2. The molecule has 0 saturated heterocycles. The Balaban J connectivity index is 1.30. The second-order valence-electron chi connectivity index (χ2n) is 13.5. The van der Waals surface area contributed by atoms with Gasteiger partial charge in [0.2, 0.25) is 0 Å². The summed E-state index contributed by atoms with van der Waals surface area (Å²) < 4.78 is 39.5. The van der Waals surface area contributed by atoms with Crippen LogP contribution in [0.1, 0.15) is 27.7 Å². The van der Waals surface area contributed by atoms with Crippen molar-refractivity contribution in [1.29, 1.82) is 0 Å². The zero-order valence-electron chi connectivity index (χ0n) is 30.5. The second kappa shape index (κ2) is 15.8. The third-order valence-electron chi connectivity index (χ3n) is 9.00. The third kappa shape index (κ3) is 7.33. The fourth-order valence-corrected chi connectivity index (χ4v) is 7.96. The van der Waals surface area contributed by atoms with Crippen molar-refractivity contribution in [3.63, 3.8) is 0 Å². The van der Waals surface area contributed by atoms with E-state index in [2.05, 4.69) is 60.7 Å². The van der Waals surface area contributed by atoms with Gasteiger partial charge in [0.1, 0.15) is 11.5 Å². The fourth-order valence-electron chi connectivity index (χ4n) is 6.77. The molecule has 2 unspecified atom stereocenters. The van der Waals surface area contributed by atoms with Crippen molar-refractivity contribution in [2.45, 2.75) is 39.9 Å². The molecule has 0 heterocycles. The first-order valence-corrected chi connectivity index (χ1v) is 19.7. The second-order valence-corrected chi connectivity index (χ2v) is 14.6. The van der Waals surface area contributed by atoms with Gasteiger partial charge in [0, 0.05) is 21.9 Å². The van der Waals surface area contributed by atoms with Gasteiger partial charge >= 0.3 is 0 Å². The fraction of sp³-hybridized carbons (Fsp3) is 0.130. The molecular weight excluding hydrogens is 710 g/mol. The van der Waals surface area contributed by atoms with Crippen LogP contribution >= 0.6 is 18.1 Å². The molecule has 0 radical (unpaired) electrons. The summed E-state index contributed by atoms with van der Waals surface area (Å²) in [5.74, 6) is 3.80. The number of fused-ring (bicyclic) bond motifs is 4. The Morgan fingerprint density at radius 1 is 0.352 bits per heavy atom. The minimum absolute atomic E-state index is 0.123. The van der Waals surface area contributed by atoms with Gasteiger partial charge in [0.15, 0.2) is 23.0 Å².